The minimum Gasteiger partial charge on any atom is -0.397 e. The Kier molecular flexibility index (Phi) is 20.7. The lowest BCUT2D eigenvalue weighted by Crippen LogP contribution is -2.18. The summed E-state index contributed by atoms with van der Waals surface area (Å²) in [5, 5.41) is 21.1. The Hall–Kier alpha value is -8.18. The smallest absolute Gasteiger partial charge is 0.274 e. The van der Waals surface area contributed by atoms with Crippen LogP contribution in [0.5, 0.6) is 0 Å². The Balaban J connectivity index is 0.000000268. The molecule has 392 valence electrons. The number of pyridine rings is 2. The second-order valence-corrected chi connectivity index (χ2v) is 17.9. The highest BCUT2D eigenvalue weighted by atomic mass is 35.5. The van der Waals surface area contributed by atoms with E-state index in [1.54, 1.807) is 54.0 Å². The molecule has 0 atom stereocenters. The van der Waals surface area contributed by atoms with Gasteiger partial charge >= 0.3 is 0 Å². The lowest BCUT2D eigenvalue weighted by Gasteiger charge is -2.10. The topological polar surface area (TPSA) is 281 Å². The van der Waals surface area contributed by atoms with Crippen LogP contribution in [0.3, 0.4) is 0 Å². The maximum absolute atomic E-state index is 13.2. The van der Waals surface area contributed by atoms with Crippen molar-refractivity contribution < 1.29 is 38.1 Å². The van der Waals surface area contributed by atoms with E-state index in [4.69, 9.17) is 43.7 Å². The minimum atomic E-state index is -0.935. The first-order valence-corrected chi connectivity index (χ1v) is 23.8. The number of nitrogens with one attached hydrogen (secondary N) is 2. The summed E-state index contributed by atoms with van der Waals surface area (Å²) in [4.78, 5) is 80.9. The number of hydrogen-bond acceptors (Lipinski definition) is 17. The second-order valence-electron chi connectivity index (χ2n) is 16.1. The highest BCUT2D eigenvalue weighted by molar-refractivity contribution is 7.80. The molecule has 0 aliphatic heterocycles. The van der Waals surface area contributed by atoms with Crippen LogP contribution in [0.4, 0.5) is 11.4 Å². The number of benzene rings is 2. The van der Waals surface area contributed by atoms with E-state index in [9.17, 15) is 24.0 Å². The number of Topliss-reactive ketones (excluding diaryl/α,β-unsaturated/α-hetero) is 3. The number of carbonyl (C=O) groups excluding carboxylic acids is 5. The lowest BCUT2D eigenvalue weighted by atomic mass is 10.1. The average molecular weight is 1080 g/mol. The predicted octanol–water partition coefficient (Wildman–Crippen LogP) is 9.82. The summed E-state index contributed by atoms with van der Waals surface area (Å²) in [6.45, 7) is 15.1. The first-order valence-electron chi connectivity index (χ1n) is 22.1. The number of thiocarbonyl (C=S) groups is 1. The van der Waals surface area contributed by atoms with Crippen molar-refractivity contribution in [2.24, 2.45) is 5.73 Å². The first-order chi connectivity index (χ1) is 34.7. The number of aliphatic hydroxyl groups excluding tert-OH is 1. The molecule has 23 heteroatoms. The minimum absolute atomic E-state index is 0. The number of nitrogens with two attached hydrogens (primary N) is 1. The predicted molar refractivity (Wildman–Crippen MR) is 294 cm³/mol. The fraction of sp³-hybridized carbons (Fsp3) is 0.250. The van der Waals surface area contributed by atoms with Crippen LogP contribution in [0.1, 0.15) is 107 Å². The SMILES string of the molecule is C.C.CC(=O)C(Cl)C(C)=O.CC(=O)c1sc(-c2ccc3ncc(C(=O)Nc4cc(-c5noc(C)n5)ccc4C)n3c2)nc1C.CCO.Cc1nc(-c2ccc(C)c(NC(=O)c3cnc4ccc(C(N)=S)cn34)c2)no1. The molecule has 0 bridgehead atoms. The van der Waals surface area contributed by atoms with E-state index < -0.39 is 5.38 Å². The second kappa shape index (κ2) is 26.2. The third-order valence-electron chi connectivity index (χ3n) is 10.4. The van der Waals surface area contributed by atoms with E-state index in [0.717, 1.165) is 27.8 Å². The molecule has 7 aromatic heterocycles. The zero-order valence-corrected chi connectivity index (χ0v) is 43.4. The van der Waals surface area contributed by atoms with Gasteiger partial charge in [0.25, 0.3) is 11.8 Å². The Morgan fingerprint density at radius 3 is 1.53 bits per heavy atom. The highest BCUT2D eigenvalue weighted by Gasteiger charge is 2.20. The zero-order valence-electron chi connectivity index (χ0n) is 41.0. The Bertz CT molecular complexity index is 3530. The number of rotatable bonds is 11. The molecule has 2 amide bonds. The van der Waals surface area contributed by atoms with E-state index in [-0.39, 0.29) is 55.6 Å². The van der Waals surface area contributed by atoms with Crippen LogP contribution < -0.4 is 16.4 Å². The van der Waals surface area contributed by atoms with Gasteiger partial charge in [-0.15, -0.1) is 22.9 Å². The van der Waals surface area contributed by atoms with Crippen molar-refractivity contribution in [1.29, 1.82) is 0 Å². The van der Waals surface area contributed by atoms with Crippen LogP contribution >= 0.6 is 35.2 Å². The summed E-state index contributed by atoms with van der Waals surface area (Å²) < 4.78 is 13.5. The number of aliphatic hydroxyl groups is 1. The molecule has 0 spiro atoms. The maximum Gasteiger partial charge on any atom is 0.274 e. The third kappa shape index (κ3) is 14.5. The highest BCUT2D eigenvalue weighted by Crippen LogP contribution is 2.30. The number of amides is 2. The van der Waals surface area contributed by atoms with Crippen LogP contribution in [0.2, 0.25) is 0 Å². The molecule has 75 heavy (non-hydrogen) atoms. The monoisotopic (exact) mass is 1080 g/mol. The van der Waals surface area contributed by atoms with Crippen LogP contribution in [-0.4, -0.2) is 95.3 Å². The molecule has 0 aliphatic rings. The number of hydrogen-bond donors (Lipinski definition) is 4. The van der Waals surface area contributed by atoms with Crippen molar-refractivity contribution in [1.82, 2.24) is 44.0 Å². The summed E-state index contributed by atoms with van der Waals surface area (Å²) in [7, 11) is 0. The Morgan fingerprint density at radius 1 is 0.707 bits per heavy atom. The van der Waals surface area contributed by atoms with Crippen molar-refractivity contribution in [3.63, 3.8) is 0 Å². The number of ketones is 3. The van der Waals surface area contributed by atoms with E-state index >= 15 is 0 Å². The van der Waals surface area contributed by atoms with Gasteiger partial charge in [0.1, 0.15) is 38.1 Å². The lowest BCUT2D eigenvalue weighted by molar-refractivity contribution is -0.124. The van der Waals surface area contributed by atoms with Crippen LogP contribution in [0, 0.1) is 34.6 Å². The number of nitrogens with zero attached hydrogens (tertiary/aromatic N) is 9. The number of imidazole rings is 2. The van der Waals surface area contributed by atoms with Crippen molar-refractivity contribution in [2.45, 2.75) is 82.5 Å². The number of aryl methyl sites for hydroxylation is 5. The molecular weight excluding hydrogens is 1020 g/mol. The Labute approximate surface area is 446 Å². The molecule has 2 aromatic carbocycles. The molecule has 5 N–H and O–H groups in total. The van der Waals surface area contributed by atoms with Gasteiger partial charge in [-0.1, -0.05) is 61.6 Å². The molecule has 0 fully saturated rings. The number of carbonyl (C=O) groups is 5. The molecule has 0 radical (unpaired) electrons. The van der Waals surface area contributed by atoms with E-state index in [2.05, 4.69) is 45.9 Å². The zero-order chi connectivity index (χ0) is 53.3. The summed E-state index contributed by atoms with van der Waals surface area (Å²) in [6, 6.07) is 18.4. The van der Waals surface area contributed by atoms with Crippen molar-refractivity contribution >= 4 is 92.0 Å². The van der Waals surface area contributed by atoms with E-state index in [1.165, 1.54) is 44.5 Å². The third-order valence-corrected chi connectivity index (χ3v) is 12.5. The van der Waals surface area contributed by atoms with Crippen LogP contribution in [-0.2, 0) is 9.59 Å². The first kappa shape index (κ1) is 59.4. The summed E-state index contributed by atoms with van der Waals surface area (Å²) >= 11 is 11.6. The standard InChI is InChI=1S/C24H20N6O3S.C19H16N6O2S.C5H7ClO2.C2H6O.2CH4/c1-12-5-6-16(22-27-15(4)33-29-22)9-18(12)28-23(32)19-10-25-20-8-7-17(11-30(19)20)24-26-13(2)21(34-24)14(3)31;1-10-3-4-12(18-22-11(2)27-24-18)7-14(10)23-19(26)15-8-21-16-6-5-13(17(20)28)9-25(15)16;1-3(7)5(6)4(2)8;1-2-3;;/h5-11H,1-4H3,(H,28,32);3-9H,1-2H3,(H2,20,28)(H,23,26);5H,1-2H3;3H,2H2,1H3;2*1H4. The molecule has 0 unspecified atom stereocenters. The van der Waals surface area contributed by atoms with Gasteiger partial charge in [-0.3, -0.25) is 32.8 Å². The van der Waals surface area contributed by atoms with Crippen molar-refractivity contribution in [3.8, 4) is 33.3 Å². The number of anilines is 2. The van der Waals surface area contributed by atoms with Gasteiger partial charge < -0.3 is 30.5 Å². The Morgan fingerprint density at radius 2 is 1.15 bits per heavy atom. The molecule has 0 saturated carbocycles. The largest absolute Gasteiger partial charge is 0.397 e. The van der Waals surface area contributed by atoms with Gasteiger partial charge in [0.05, 0.1) is 23.0 Å². The number of halogens is 1. The van der Waals surface area contributed by atoms with Gasteiger partial charge in [0.15, 0.2) is 17.3 Å². The summed E-state index contributed by atoms with van der Waals surface area (Å²) in [6.07, 6.45) is 6.55. The quantitative estimate of drug-likeness (QED) is 0.0406. The molecular formula is C52H57ClN12O8S2. The molecule has 0 aliphatic carbocycles. The van der Waals surface area contributed by atoms with Gasteiger partial charge in [-0.05, 0) is 89.1 Å². The molecule has 0 saturated heterocycles. The number of thiazole rings is 1. The normalized spacial score (nSPS) is 10.4. The van der Waals surface area contributed by atoms with Gasteiger partial charge in [0.2, 0.25) is 23.4 Å². The fourth-order valence-corrected chi connectivity index (χ4v) is 7.77. The number of alkyl halides is 1. The maximum atomic E-state index is 13.2. The van der Waals surface area contributed by atoms with E-state index in [0.29, 0.717) is 78.6 Å². The molecule has 7 heterocycles. The summed E-state index contributed by atoms with van der Waals surface area (Å²) in [5.41, 5.74) is 14.4. The van der Waals surface area contributed by atoms with Crippen LogP contribution in [0.25, 0.3) is 44.6 Å². The van der Waals surface area contributed by atoms with Crippen molar-refractivity contribution in [3.05, 3.63) is 136 Å². The van der Waals surface area contributed by atoms with Crippen molar-refractivity contribution in [2.75, 3.05) is 17.2 Å². The average Bonchev–Trinajstić information content (AvgIpc) is 4.22. The number of fused-ring (bicyclic) bond motifs is 2. The molecule has 9 aromatic rings. The van der Waals surface area contributed by atoms with E-state index in [1.807, 2.05) is 69.4 Å². The van der Waals surface area contributed by atoms with Gasteiger partial charge in [-0.25, -0.2) is 15.0 Å². The fourth-order valence-electron chi connectivity index (χ4n) is 6.70. The summed E-state index contributed by atoms with van der Waals surface area (Å²) in [5.74, 6) is 0.636. The van der Waals surface area contributed by atoms with Crippen LogP contribution in [0.15, 0.2) is 94.5 Å². The molecule has 9 rings (SSSR count). The molecule has 20 nitrogen and oxygen atoms in total. The van der Waals surface area contributed by atoms with Gasteiger partial charge in [-0.2, -0.15) is 9.97 Å². The number of aromatic nitrogens is 9. The van der Waals surface area contributed by atoms with Gasteiger partial charge in [0, 0.05) is 73.4 Å².